The Morgan fingerprint density at radius 3 is 2.25 bits per heavy atom. The maximum absolute atomic E-state index is 12.0. The number of nitrogens with one attached hydrogen (secondary N) is 1. The number of hydrogen-bond donors (Lipinski definition) is 1. The third-order valence-electron chi connectivity index (χ3n) is 1.88. The number of benzene rings is 1. The lowest BCUT2D eigenvalue weighted by atomic mass is 10.1. The summed E-state index contributed by atoms with van der Waals surface area (Å²) in [6.45, 7) is 7.37. The van der Waals surface area contributed by atoms with Crippen molar-refractivity contribution >= 4 is 32.6 Å². The van der Waals surface area contributed by atoms with Gasteiger partial charge < -0.3 is 0 Å². The van der Waals surface area contributed by atoms with Crippen LogP contribution in [0.25, 0.3) is 0 Å². The SMILES string of the molecule is Cc1cc(S(=O)(=O)NC(C)(C)C)ccc1I. The quantitative estimate of drug-likeness (QED) is 0.831. The largest absolute Gasteiger partial charge is 0.241 e. The molecule has 0 spiro atoms. The van der Waals surface area contributed by atoms with Gasteiger partial charge in [0, 0.05) is 9.11 Å². The van der Waals surface area contributed by atoms with Crippen LogP contribution in [0.15, 0.2) is 23.1 Å². The van der Waals surface area contributed by atoms with Gasteiger partial charge in [0.15, 0.2) is 0 Å². The van der Waals surface area contributed by atoms with Crippen molar-refractivity contribution in [2.75, 3.05) is 0 Å². The molecule has 0 saturated heterocycles. The lowest BCUT2D eigenvalue weighted by molar-refractivity contribution is 0.491. The van der Waals surface area contributed by atoms with E-state index in [0.29, 0.717) is 4.90 Å². The van der Waals surface area contributed by atoms with Crippen molar-refractivity contribution < 1.29 is 8.42 Å². The van der Waals surface area contributed by atoms with Gasteiger partial charge in [-0.05, 0) is 74.0 Å². The Balaban J connectivity index is 3.13. The summed E-state index contributed by atoms with van der Waals surface area (Å²) in [6.07, 6.45) is 0. The molecule has 90 valence electrons. The van der Waals surface area contributed by atoms with Crippen molar-refractivity contribution in [2.24, 2.45) is 0 Å². The second kappa shape index (κ2) is 4.62. The van der Waals surface area contributed by atoms with E-state index >= 15 is 0 Å². The Labute approximate surface area is 111 Å². The fourth-order valence-electron chi connectivity index (χ4n) is 1.25. The standard InChI is InChI=1S/C11H16INO2S/c1-8-7-9(5-6-10(8)12)16(14,15)13-11(2,3)4/h5-7,13H,1-4H3. The van der Waals surface area contributed by atoms with Crippen LogP contribution in [0.4, 0.5) is 0 Å². The molecule has 5 heteroatoms. The van der Waals surface area contributed by atoms with Gasteiger partial charge in [-0.1, -0.05) is 0 Å². The summed E-state index contributed by atoms with van der Waals surface area (Å²) in [7, 11) is -3.41. The second-order valence-corrected chi connectivity index (χ2v) is 7.61. The van der Waals surface area contributed by atoms with E-state index in [9.17, 15) is 8.42 Å². The Kier molecular flexibility index (Phi) is 4.02. The van der Waals surface area contributed by atoms with Crippen LogP contribution in [0.3, 0.4) is 0 Å². The monoisotopic (exact) mass is 353 g/mol. The molecule has 0 bridgehead atoms. The van der Waals surface area contributed by atoms with Gasteiger partial charge in [0.1, 0.15) is 0 Å². The molecular formula is C11H16INO2S. The first kappa shape index (κ1) is 13.9. The van der Waals surface area contributed by atoms with Crippen molar-refractivity contribution in [1.82, 2.24) is 4.72 Å². The molecule has 0 atom stereocenters. The fourth-order valence-corrected chi connectivity index (χ4v) is 3.09. The molecule has 0 radical (unpaired) electrons. The molecule has 3 nitrogen and oxygen atoms in total. The molecule has 0 aliphatic carbocycles. The molecular weight excluding hydrogens is 337 g/mol. The van der Waals surface area contributed by atoms with Crippen LogP contribution < -0.4 is 4.72 Å². The van der Waals surface area contributed by atoms with Gasteiger partial charge in [-0.15, -0.1) is 0 Å². The van der Waals surface area contributed by atoms with Gasteiger partial charge in [0.25, 0.3) is 0 Å². The Morgan fingerprint density at radius 1 is 1.25 bits per heavy atom. The van der Waals surface area contributed by atoms with E-state index in [1.807, 2.05) is 33.8 Å². The molecule has 1 rings (SSSR count). The van der Waals surface area contributed by atoms with Crippen molar-refractivity contribution in [3.05, 3.63) is 27.3 Å². The summed E-state index contributed by atoms with van der Waals surface area (Å²) < 4.78 is 27.7. The molecule has 16 heavy (non-hydrogen) atoms. The van der Waals surface area contributed by atoms with Crippen LogP contribution >= 0.6 is 22.6 Å². The zero-order chi connectivity index (χ0) is 12.6. The second-order valence-electron chi connectivity index (χ2n) is 4.77. The molecule has 0 aliphatic rings. The van der Waals surface area contributed by atoms with E-state index in [2.05, 4.69) is 27.3 Å². The number of sulfonamides is 1. The molecule has 0 aliphatic heterocycles. The smallest absolute Gasteiger partial charge is 0.207 e. The highest BCUT2D eigenvalue weighted by atomic mass is 127. The zero-order valence-corrected chi connectivity index (χ0v) is 12.8. The predicted octanol–water partition coefficient (Wildman–Crippen LogP) is 2.68. The molecule has 0 unspecified atom stereocenters. The third-order valence-corrected chi connectivity index (χ3v) is 4.85. The van der Waals surface area contributed by atoms with Crippen LogP contribution in [-0.4, -0.2) is 14.0 Å². The van der Waals surface area contributed by atoms with Crippen molar-refractivity contribution in [3.63, 3.8) is 0 Å². The molecule has 0 amide bonds. The molecule has 0 fully saturated rings. The Hall–Kier alpha value is -0.140. The summed E-state index contributed by atoms with van der Waals surface area (Å²) in [5.41, 5.74) is 0.507. The van der Waals surface area contributed by atoms with Gasteiger partial charge in [0.05, 0.1) is 4.90 Å². The first-order chi connectivity index (χ1) is 7.12. The molecule has 1 N–H and O–H groups in total. The van der Waals surface area contributed by atoms with Crippen LogP contribution in [0.2, 0.25) is 0 Å². The Morgan fingerprint density at radius 2 is 1.81 bits per heavy atom. The third kappa shape index (κ3) is 3.71. The van der Waals surface area contributed by atoms with E-state index in [1.165, 1.54) is 0 Å². The summed E-state index contributed by atoms with van der Waals surface area (Å²) >= 11 is 2.18. The van der Waals surface area contributed by atoms with Crippen LogP contribution in [0, 0.1) is 10.5 Å². The average molecular weight is 353 g/mol. The highest BCUT2D eigenvalue weighted by molar-refractivity contribution is 14.1. The van der Waals surface area contributed by atoms with E-state index in [0.717, 1.165) is 9.13 Å². The van der Waals surface area contributed by atoms with Gasteiger partial charge in [-0.25, -0.2) is 13.1 Å². The minimum Gasteiger partial charge on any atom is -0.207 e. The number of rotatable bonds is 2. The fraction of sp³-hybridized carbons (Fsp3) is 0.455. The highest BCUT2D eigenvalue weighted by Crippen LogP contribution is 2.18. The lowest BCUT2D eigenvalue weighted by Gasteiger charge is -2.20. The Bertz CT molecular complexity index is 489. The molecule has 1 aromatic carbocycles. The molecule has 1 aromatic rings. The lowest BCUT2D eigenvalue weighted by Crippen LogP contribution is -2.40. The van der Waals surface area contributed by atoms with Gasteiger partial charge in [-0.3, -0.25) is 0 Å². The first-order valence-corrected chi connectivity index (χ1v) is 7.48. The van der Waals surface area contributed by atoms with Crippen LogP contribution in [-0.2, 0) is 10.0 Å². The van der Waals surface area contributed by atoms with Gasteiger partial charge in [0.2, 0.25) is 10.0 Å². The summed E-state index contributed by atoms with van der Waals surface area (Å²) in [5.74, 6) is 0. The van der Waals surface area contributed by atoms with E-state index < -0.39 is 15.6 Å². The number of halogens is 1. The maximum atomic E-state index is 12.0. The maximum Gasteiger partial charge on any atom is 0.241 e. The van der Waals surface area contributed by atoms with Crippen molar-refractivity contribution in [3.8, 4) is 0 Å². The van der Waals surface area contributed by atoms with Crippen LogP contribution in [0.1, 0.15) is 26.3 Å². The summed E-state index contributed by atoms with van der Waals surface area (Å²) in [6, 6.07) is 5.13. The number of hydrogen-bond acceptors (Lipinski definition) is 2. The summed E-state index contributed by atoms with van der Waals surface area (Å²) in [4.78, 5) is 0.320. The summed E-state index contributed by atoms with van der Waals surface area (Å²) in [5, 5.41) is 0. The highest BCUT2D eigenvalue weighted by Gasteiger charge is 2.22. The normalized spacial score (nSPS) is 12.8. The predicted molar refractivity (Wildman–Crippen MR) is 74.0 cm³/mol. The van der Waals surface area contributed by atoms with Crippen molar-refractivity contribution in [1.29, 1.82) is 0 Å². The topological polar surface area (TPSA) is 46.2 Å². The first-order valence-electron chi connectivity index (χ1n) is 4.92. The minimum absolute atomic E-state index is 0.320. The molecule has 0 aromatic heterocycles. The van der Waals surface area contributed by atoms with Gasteiger partial charge >= 0.3 is 0 Å². The van der Waals surface area contributed by atoms with Crippen molar-refractivity contribution in [2.45, 2.75) is 38.1 Å². The minimum atomic E-state index is -3.41. The zero-order valence-electron chi connectivity index (χ0n) is 9.83. The van der Waals surface area contributed by atoms with E-state index in [1.54, 1.807) is 12.1 Å². The van der Waals surface area contributed by atoms with Gasteiger partial charge in [-0.2, -0.15) is 0 Å². The molecule has 0 heterocycles. The average Bonchev–Trinajstić information content (AvgIpc) is 2.05. The van der Waals surface area contributed by atoms with Crippen LogP contribution in [0.5, 0.6) is 0 Å². The van der Waals surface area contributed by atoms with E-state index in [-0.39, 0.29) is 0 Å². The van der Waals surface area contributed by atoms with E-state index in [4.69, 9.17) is 0 Å². The molecule has 0 saturated carbocycles. The number of aryl methyl sites for hydroxylation is 1.